The largest absolute Gasteiger partial charge is 0.495 e. The Hall–Kier alpha value is -1.81. The van der Waals surface area contributed by atoms with Crippen LogP contribution in [0, 0.1) is 6.92 Å². The predicted octanol–water partition coefficient (Wildman–Crippen LogP) is 1.89. The smallest absolute Gasteiger partial charge is 0.178 e. The van der Waals surface area contributed by atoms with Gasteiger partial charge in [-0.05, 0) is 25.6 Å². The third-order valence-corrected chi connectivity index (χ3v) is 2.86. The Labute approximate surface area is 100.0 Å². The Morgan fingerprint density at radius 2 is 2.24 bits per heavy atom. The molecule has 0 aliphatic rings. The van der Waals surface area contributed by atoms with Crippen molar-refractivity contribution in [3.63, 3.8) is 0 Å². The van der Waals surface area contributed by atoms with Crippen molar-refractivity contribution in [3.05, 3.63) is 29.5 Å². The van der Waals surface area contributed by atoms with Gasteiger partial charge in [0.2, 0.25) is 0 Å². The van der Waals surface area contributed by atoms with Crippen LogP contribution in [0.15, 0.2) is 18.3 Å². The first kappa shape index (κ1) is 11.7. The molecule has 90 valence electrons. The second kappa shape index (κ2) is 4.59. The van der Waals surface area contributed by atoms with Crippen molar-refractivity contribution in [1.82, 2.24) is 10.3 Å². The summed E-state index contributed by atoms with van der Waals surface area (Å²) in [6, 6.07) is 3.87. The first-order chi connectivity index (χ1) is 8.19. The monoisotopic (exact) mass is 232 g/mol. The minimum absolute atomic E-state index is 0.0788. The summed E-state index contributed by atoms with van der Waals surface area (Å²) in [5.41, 5.74) is 2.67. The molecule has 1 aromatic carbocycles. The van der Waals surface area contributed by atoms with Crippen LogP contribution in [-0.2, 0) is 0 Å². The van der Waals surface area contributed by atoms with Gasteiger partial charge in [-0.15, -0.1) is 0 Å². The van der Waals surface area contributed by atoms with Gasteiger partial charge in [-0.25, -0.2) is 0 Å². The van der Waals surface area contributed by atoms with E-state index in [1.807, 2.05) is 19.1 Å². The SMILES string of the molecule is CNCC(=O)c1c[nH]c2c(OC)ccc(C)c12. The minimum atomic E-state index is 0.0788. The van der Waals surface area contributed by atoms with Crippen molar-refractivity contribution < 1.29 is 9.53 Å². The second-order valence-electron chi connectivity index (χ2n) is 3.99. The quantitative estimate of drug-likeness (QED) is 0.791. The fraction of sp³-hybridized carbons (Fsp3) is 0.308. The van der Waals surface area contributed by atoms with Crippen LogP contribution in [0.2, 0.25) is 0 Å². The van der Waals surface area contributed by atoms with Crippen LogP contribution in [0.25, 0.3) is 10.9 Å². The fourth-order valence-corrected chi connectivity index (χ4v) is 2.04. The van der Waals surface area contributed by atoms with E-state index in [1.165, 1.54) is 0 Å². The zero-order chi connectivity index (χ0) is 12.4. The predicted molar refractivity (Wildman–Crippen MR) is 67.8 cm³/mol. The van der Waals surface area contributed by atoms with Gasteiger partial charge in [0.1, 0.15) is 5.75 Å². The Morgan fingerprint density at radius 3 is 2.88 bits per heavy atom. The number of hydrogen-bond donors (Lipinski definition) is 2. The molecule has 0 bridgehead atoms. The highest BCUT2D eigenvalue weighted by atomic mass is 16.5. The van der Waals surface area contributed by atoms with Gasteiger partial charge in [-0.1, -0.05) is 6.07 Å². The molecule has 0 saturated heterocycles. The van der Waals surface area contributed by atoms with Gasteiger partial charge >= 0.3 is 0 Å². The van der Waals surface area contributed by atoms with Crippen molar-refractivity contribution in [2.45, 2.75) is 6.92 Å². The van der Waals surface area contributed by atoms with E-state index in [9.17, 15) is 4.79 Å². The van der Waals surface area contributed by atoms with Crippen LogP contribution in [-0.4, -0.2) is 31.5 Å². The van der Waals surface area contributed by atoms with E-state index >= 15 is 0 Å². The van der Waals surface area contributed by atoms with Crippen LogP contribution in [0.5, 0.6) is 5.75 Å². The van der Waals surface area contributed by atoms with Crippen LogP contribution in [0.3, 0.4) is 0 Å². The van der Waals surface area contributed by atoms with E-state index in [4.69, 9.17) is 4.74 Å². The lowest BCUT2D eigenvalue weighted by atomic mass is 10.0. The molecule has 17 heavy (non-hydrogen) atoms. The van der Waals surface area contributed by atoms with Crippen molar-refractivity contribution in [2.75, 3.05) is 20.7 Å². The molecule has 0 fully saturated rings. The average molecular weight is 232 g/mol. The number of H-pyrrole nitrogens is 1. The number of rotatable bonds is 4. The van der Waals surface area contributed by atoms with E-state index in [2.05, 4.69) is 10.3 Å². The molecule has 0 atom stereocenters. The van der Waals surface area contributed by atoms with Gasteiger partial charge in [-0.3, -0.25) is 4.79 Å². The maximum Gasteiger partial charge on any atom is 0.178 e. The van der Waals surface area contributed by atoms with E-state index in [0.29, 0.717) is 12.1 Å². The summed E-state index contributed by atoms with van der Waals surface area (Å²) in [4.78, 5) is 15.1. The van der Waals surface area contributed by atoms with Gasteiger partial charge in [0.15, 0.2) is 5.78 Å². The standard InChI is InChI=1S/C13H16N2O2/c1-8-4-5-11(17-3)13-12(8)9(6-15-13)10(16)7-14-2/h4-6,14-15H,7H2,1-3H3. The van der Waals surface area contributed by atoms with Gasteiger partial charge in [0, 0.05) is 17.1 Å². The van der Waals surface area contributed by atoms with E-state index < -0.39 is 0 Å². The lowest BCUT2D eigenvalue weighted by Crippen LogP contribution is -2.18. The Morgan fingerprint density at radius 1 is 1.47 bits per heavy atom. The molecule has 4 nitrogen and oxygen atoms in total. The van der Waals surface area contributed by atoms with Crippen LogP contribution in [0.1, 0.15) is 15.9 Å². The number of hydrogen-bond acceptors (Lipinski definition) is 3. The summed E-state index contributed by atoms with van der Waals surface area (Å²) < 4.78 is 5.28. The van der Waals surface area contributed by atoms with Crippen molar-refractivity contribution >= 4 is 16.7 Å². The number of ketones is 1. The van der Waals surface area contributed by atoms with Crippen molar-refractivity contribution in [2.24, 2.45) is 0 Å². The van der Waals surface area contributed by atoms with Gasteiger partial charge in [0.05, 0.1) is 19.2 Å². The first-order valence-corrected chi connectivity index (χ1v) is 5.51. The maximum absolute atomic E-state index is 11.9. The highest BCUT2D eigenvalue weighted by molar-refractivity contribution is 6.10. The normalized spacial score (nSPS) is 10.8. The molecule has 0 saturated carbocycles. The molecule has 2 rings (SSSR count). The summed E-state index contributed by atoms with van der Waals surface area (Å²) in [6.07, 6.45) is 1.75. The number of nitrogens with one attached hydrogen (secondary N) is 2. The fourth-order valence-electron chi connectivity index (χ4n) is 2.04. The van der Waals surface area contributed by atoms with Crippen LogP contribution in [0.4, 0.5) is 0 Å². The molecule has 1 aromatic heterocycles. The molecule has 2 N–H and O–H groups in total. The number of ether oxygens (including phenoxy) is 1. The molecule has 4 heteroatoms. The number of Topliss-reactive ketones (excluding diaryl/α,β-unsaturated/α-hetero) is 1. The number of aromatic amines is 1. The molecule has 0 spiro atoms. The highest BCUT2D eigenvalue weighted by Crippen LogP contribution is 2.30. The first-order valence-electron chi connectivity index (χ1n) is 5.51. The number of carbonyl (C=O) groups is 1. The van der Waals surface area contributed by atoms with E-state index in [-0.39, 0.29) is 5.78 Å². The Kier molecular flexibility index (Phi) is 3.15. The third kappa shape index (κ3) is 1.91. The lowest BCUT2D eigenvalue weighted by Gasteiger charge is -2.05. The molecule has 0 aliphatic carbocycles. The molecule has 2 aromatic rings. The number of aromatic nitrogens is 1. The summed E-state index contributed by atoms with van der Waals surface area (Å²) in [5.74, 6) is 0.837. The Balaban J connectivity index is 2.63. The minimum Gasteiger partial charge on any atom is -0.495 e. The number of fused-ring (bicyclic) bond motifs is 1. The molecule has 0 unspecified atom stereocenters. The third-order valence-electron chi connectivity index (χ3n) is 2.86. The molecule has 0 radical (unpaired) electrons. The van der Waals surface area contributed by atoms with Crippen LogP contribution >= 0.6 is 0 Å². The van der Waals surface area contributed by atoms with E-state index in [0.717, 1.165) is 22.2 Å². The summed E-state index contributed by atoms with van der Waals surface area (Å²) in [7, 11) is 3.39. The number of likely N-dealkylation sites (N-methyl/N-ethyl adjacent to an activating group) is 1. The van der Waals surface area contributed by atoms with Gasteiger partial charge < -0.3 is 15.0 Å². The Bertz CT molecular complexity index is 558. The molecule has 1 heterocycles. The average Bonchev–Trinajstić information content (AvgIpc) is 2.75. The summed E-state index contributed by atoms with van der Waals surface area (Å²) in [6.45, 7) is 2.33. The zero-order valence-corrected chi connectivity index (χ0v) is 10.3. The molecular weight excluding hydrogens is 216 g/mol. The number of benzene rings is 1. The number of methoxy groups -OCH3 is 1. The van der Waals surface area contributed by atoms with Crippen molar-refractivity contribution in [1.29, 1.82) is 0 Å². The van der Waals surface area contributed by atoms with Crippen molar-refractivity contribution in [3.8, 4) is 5.75 Å². The van der Waals surface area contributed by atoms with Gasteiger partial charge in [-0.2, -0.15) is 0 Å². The second-order valence-corrected chi connectivity index (χ2v) is 3.99. The number of aryl methyl sites for hydroxylation is 1. The number of carbonyl (C=O) groups excluding carboxylic acids is 1. The highest BCUT2D eigenvalue weighted by Gasteiger charge is 2.15. The molecular formula is C13H16N2O2. The maximum atomic E-state index is 11.9. The molecule has 0 aliphatic heterocycles. The molecule has 0 amide bonds. The topological polar surface area (TPSA) is 54.1 Å². The van der Waals surface area contributed by atoms with Crippen LogP contribution < -0.4 is 10.1 Å². The van der Waals surface area contributed by atoms with Gasteiger partial charge in [0.25, 0.3) is 0 Å². The summed E-state index contributed by atoms with van der Waals surface area (Å²) in [5, 5.41) is 3.82. The summed E-state index contributed by atoms with van der Waals surface area (Å²) >= 11 is 0. The van der Waals surface area contributed by atoms with E-state index in [1.54, 1.807) is 20.4 Å². The lowest BCUT2D eigenvalue weighted by molar-refractivity contribution is 0.0995. The zero-order valence-electron chi connectivity index (χ0n) is 10.3.